The van der Waals surface area contributed by atoms with E-state index in [1.165, 1.54) is 30.5 Å². The van der Waals surface area contributed by atoms with Gasteiger partial charge in [0.05, 0.1) is 30.1 Å². The lowest BCUT2D eigenvalue weighted by Gasteiger charge is -2.27. The number of amides is 2. The normalized spacial score (nSPS) is 18.4. The van der Waals surface area contributed by atoms with E-state index in [9.17, 15) is 19.1 Å². The molecule has 0 spiro atoms. The lowest BCUT2D eigenvalue weighted by Crippen LogP contribution is -2.40. The van der Waals surface area contributed by atoms with E-state index in [-0.39, 0.29) is 35.4 Å². The highest BCUT2D eigenvalue weighted by Crippen LogP contribution is 2.33. The van der Waals surface area contributed by atoms with Gasteiger partial charge in [-0.3, -0.25) is 4.79 Å². The molecule has 0 saturated carbocycles. The third-order valence-electron chi connectivity index (χ3n) is 4.72. The number of hydrogen-bond acceptors (Lipinski definition) is 7. The number of carbonyl (C=O) groups excluding carboxylic acids is 2. The molecule has 0 aliphatic carbocycles. The van der Waals surface area contributed by atoms with E-state index < -0.39 is 23.4 Å². The zero-order valence-corrected chi connectivity index (χ0v) is 18.7. The second-order valence-electron chi connectivity index (χ2n) is 8.39. The van der Waals surface area contributed by atoms with Gasteiger partial charge in [-0.1, -0.05) is 0 Å². The van der Waals surface area contributed by atoms with Crippen LogP contribution in [0.2, 0.25) is 5.28 Å². The van der Waals surface area contributed by atoms with Crippen LogP contribution in [-0.4, -0.2) is 57.9 Å². The summed E-state index contributed by atoms with van der Waals surface area (Å²) in [7, 11) is 0. The topological polar surface area (TPSA) is 117 Å². The smallest absolute Gasteiger partial charge is 0.407 e. The van der Waals surface area contributed by atoms with Crippen molar-refractivity contribution in [2.45, 2.75) is 44.9 Å². The molecule has 2 unspecified atom stereocenters. The van der Waals surface area contributed by atoms with E-state index in [0.29, 0.717) is 18.7 Å². The molecule has 2 amide bonds. The van der Waals surface area contributed by atoms with Crippen LogP contribution in [0.25, 0.3) is 0 Å². The van der Waals surface area contributed by atoms with Crippen LogP contribution in [0.15, 0.2) is 30.5 Å². The van der Waals surface area contributed by atoms with Crippen molar-refractivity contribution < 1.29 is 23.8 Å². The van der Waals surface area contributed by atoms with Crippen molar-refractivity contribution in [2.75, 3.05) is 23.4 Å². The summed E-state index contributed by atoms with van der Waals surface area (Å²) < 4.78 is 19.3. The SMILES string of the molecule is CC(C)(C)OC(=O)NC1CC(CO)N(c2ccc(F)cc2NC(=O)c2ccnc(Cl)n2)C1. The van der Waals surface area contributed by atoms with Gasteiger partial charge in [0.2, 0.25) is 5.28 Å². The summed E-state index contributed by atoms with van der Waals surface area (Å²) in [6, 6.07) is 4.67. The number of benzene rings is 1. The van der Waals surface area contributed by atoms with Crippen LogP contribution in [-0.2, 0) is 4.74 Å². The first-order valence-corrected chi connectivity index (χ1v) is 10.4. The molecule has 1 saturated heterocycles. The Morgan fingerprint density at radius 1 is 1.34 bits per heavy atom. The number of aromatic nitrogens is 2. The Labute approximate surface area is 189 Å². The first-order valence-electron chi connectivity index (χ1n) is 10.0. The zero-order chi connectivity index (χ0) is 23.5. The summed E-state index contributed by atoms with van der Waals surface area (Å²) in [5, 5.41) is 15.2. The number of nitrogens with one attached hydrogen (secondary N) is 2. The highest BCUT2D eigenvalue weighted by molar-refractivity contribution is 6.28. The lowest BCUT2D eigenvalue weighted by atomic mass is 10.1. The molecule has 1 aliphatic heterocycles. The van der Waals surface area contributed by atoms with E-state index in [1.807, 2.05) is 4.90 Å². The number of halogens is 2. The minimum atomic E-state index is -0.642. The standard InChI is InChI=1S/C21H25ClFN5O4/c1-21(2,3)32-20(31)25-13-9-14(11-29)28(10-13)17-5-4-12(23)8-16(17)26-18(30)15-6-7-24-19(22)27-15/h4-8,13-14,29H,9-11H2,1-3H3,(H,25,31)(H,26,30). The fraction of sp³-hybridized carbons (Fsp3) is 0.429. The highest BCUT2D eigenvalue weighted by Gasteiger charge is 2.35. The molecule has 2 aromatic rings. The van der Waals surface area contributed by atoms with Crippen molar-refractivity contribution in [3.8, 4) is 0 Å². The molecule has 1 aromatic carbocycles. The summed E-state index contributed by atoms with van der Waals surface area (Å²) in [5.41, 5.74) is 0.0650. The third kappa shape index (κ3) is 6.04. The van der Waals surface area contributed by atoms with Crippen LogP contribution < -0.4 is 15.5 Å². The summed E-state index contributed by atoms with van der Waals surface area (Å²) in [6.07, 6.45) is 1.22. The molecule has 2 atom stereocenters. The number of rotatable bonds is 5. The van der Waals surface area contributed by atoms with Gasteiger partial charge < -0.3 is 25.4 Å². The molecular weight excluding hydrogens is 441 g/mol. The van der Waals surface area contributed by atoms with Crippen LogP contribution in [0.4, 0.5) is 20.6 Å². The zero-order valence-electron chi connectivity index (χ0n) is 17.9. The largest absolute Gasteiger partial charge is 0.444 e. The van der Waals surface area contributed by atoms with E-state index in [0.717, 1.165) is 0 Å². The number of aliphatic hydroxyl groups excluding tert-OH is 1. The molecule has 1 aromatic heterocycles. The summed E-state index contributed by atoms with van der Waals surface area (Å²) in [4.78, 5) is 34.2. The molecule has 32 heavy (non-hydrogen) atoms. The average molecular weight is 466 g/mol. The van der Waals surface area contributed by atoms with Crippen molar-refractivity contribution in [3.63, 3.8) is 0 Å². The first kappa shape index (κ1) is 23.7. The lowest BCUT2D eigenvalue weighted by molar-refractivity contribution is 0.0507. The van der Waals surface area contributed by atoms with Gasteiger partial charge in [0, 0.05) is 12.7 Å². The van der Waals surface area contributed by atoms with E-state index >= 15 is 0 Å². The van der Waals surface area contributed by atoms with Gasteiger partial charge in [-0.25, -0.2) is 19.2 Å². The monoisotopic (exact) mass is 465 g/mol. The number of nitrogens with zero attached hydrogens (tertiary/aromatic N) is 3. The molecule has 172 valence electrons. The molecule has 3 rings (SSSR count). The number of anilines is 2. The quantitative estimate of drug-likeness (QED) is 0.581. The molecular formula is C21H25ClFN5O4. The van der Waals surface area contributed by atoms with Gasteiger partial charge in [0.25, 0.3) is 5.91 Å². The molecule has 11 heteroatoms. The highest BCUT2D eigenvalue weighted by atomic mass is 35.5. The summed E-state index contributed by atoms with van der Waals surface area (Å²) in [5.74, 6) is -1.14. The van der Waals surface area contributed by atoms with Crippen LogP contribution in [0, 0.1) is 5.82 Å². The second kappa shape index (κ2) is 9.66. The minimum Gasteiger partial charge on any atom is -0.444 e. The molecule has 2 heterocycles. The predicted molar refractivity (Wildman–Crippen MR) is 117 cm³/mol. The Kier molecular flexibility index (Phi) is 7.15. The van der Waals surface area contributed by atoms with Crippen molar-refractivity contribution >= 4 is 35.0 Å². The molecule has 9 nitrogen and oxygen atoms in total. The summed E-state index contributed by atoms with van der Waals surface area (Å²) >= 11 is 5.74. The van der Waals surface area contributed by atoms with Crippen molar-refractivity contribution in [2.24, 2.45) is 0 Å². The van der Waals surface area contributed by atoms with E-state index in [1.54, 1.807) is 20.8 Å². The van der Waals surface area contributed by atoms with Crippen molar-refractivity contribution in [1.82, 2.24) is 15.3 Å². The van der Waals surface area contributed by atoms with E-state index in [2.05, 4.69) is 20.6 Å². The molecule has 0 bridgehead atoms. The van der Waals surface area contributed by atoms with Gasteiger partial charge in [0.15, 0.2) is 0 Å². The molecule has 3 N–H and O–H groups in total. The van der Waals surface area contributed by atoms with Gasteiger partial charge in [-0.2, -0.15) is 0 Å². The number of carbonyl (C=O) groups is 2. The van der Waals surface area contributed by atoms with Crippen molar-refractivity contribution in [1.29, 1.82) is 0 Å². The Morgan fingerprint density at radius 3 is 2.75 bits per heavy atom. The third-order valence-corrected chi connectivity index (χ3v) is 4.90. The van der Waals surface area contributed by atoms with Gasteiger partial charge in [0.1, 0.15) is 17.1 Å². The Morgan fingerprint density at radius 2 is 2.09 bits per heavy atom. The second-order valence-corrected chi connectivity index (χ2v) is 8.73. The molecule has 1 aliphatic rings. The maximum absolute atomic E-state index is 14.0. The number of aliphatic hydroxyl groups is 1. The number of hydrogen-bond donors (Lipinski definition) is 3. The number of alkyl carbamates (subject to hydrolysis) is 1. The van der Waals surface area contributed by atoms with Crippen LogP contribution in [0.5, 0.6) is 0 Å². The Balaban J connectivity index is 1.80. The fourth-order valence-corrected chi connectivity index (χ4v) is 3.62. The Hall–Kier alpha value is -2.98. The van der Waals surface area contributed by atoms with Gasteiger partial charge in [-0.15, -0.1) is 0 Å². The molecule has 0 radical (unpaired) electrons. The minimum absolute atomic E-state index is 0.0183. The number of ether oxygens (including phenoxy) is 1. The van der Waals surface area contributed by atoms with Gasteiger partial charge in [-0.05, 0) is 63.1 Å². The fourth-order valence-electron chi connectivity index (χ4n) is 3.47. The maximum Gasteiger partial charge on any atom is 0.407 e. The van der Waals surface area contributed by atoms with Gasteiger partial charge >= 0.3 is 6.09 Å². The van der Waals surface area contributed by atoms with Crippen molar-refractivity contribution in [3.05, 3.63) is 47.3 Å². The van der Waals surface area contributed by atoms with Crippen LogP contribution in [0.1, 0.15) is 37.7 Å². The molecule has 1 fully saturated rings. The predicted octanol–water partition coefficient (Wildman–Crippen LogP) is 2.99. The van der Waals surface area contributed by atoms with Crippen LogP contribution in [0.3, 0.4) is 0 Å². The summed E-state index contributed by atoms with van der Waals surface area (Å²) in [6.45, 7) is 5.43. The van der Waals surface area contributed by atoms with E-state index in [4.69, 9.17) is 16.3 Å². The first-order chi connectivity index (χ1) is 15.1. The van der Waals surface area contributed by atoms with Crippen LogP contribution >= 0.6 is 11.6 Å². The average Bonchev–Trinajstić information content (AvgIpc) is 3.09. The Bertz CT molecular complexity index is 1000. The maximum atomic E-state index is 14.0.